The maximum atomic E-state index is 12.6. The van der Waals surface area contributed by atoms with Crippen molar-refractivity contribution in [3.05, 3.63) is 60.8 Å². The zero-order chi connectivity index (χ0) is 37.3. The van der Waals surface area contributed by atoms with Crippen molar-refractivity contribution in [1.29, 1.82) is 0 Å². The molecule has 0 aliphatic carbocycles. The summed E-state index contributed by atoms with van der Waals surface area (Å²) in [6, 6.07) is 0. The molecule has 292 valence electrons. The Bertz CT molecular complexity index is 960. The fourth-order valence-electron chi connectivity index (χ4n) is 5.52. The second-order valence-corrected chi connectivity index (χ2v) is 13.7. The van der Waals surface area contributed by atoms with Gasteiger partial charge in [0.1, 0.15) is 13.2 Å². The highest BCUT2D eigenvalue weighted by atomic mass is 16.6. The second-order valence-electron chi connectivity index (χ2n) is 13.7. The van der Waals surface area contributed by atoms with E-state index >= 15 is 0 Å². The summed E-state index contributed by atoms with van der Waals surface area (Å²) in [5, 5.41) is 0. The Morgan fingerprint density at radius 2 is 0.765 bits per heavy atom. The summed E-state index contributed by atoms with van der Waals surface area (Å²) in [5.41, 5.74) is 0. The van der Waals surface area contributed by atoms with Crippen LogP contribution in [0.1, 0.15) is 188 Å². The minimum Gasteiger partial charge on any atom is -0.462 e. The summed E-state index contributed by atoms with van der Waals surface area (Å²) in [6.07, 6.45) is 46.3. The lowest BCUT2D eigenvalue weighted by atomic mass is 10.1. The molecule has 0 aromatic carbocycles. The van der Waals surface area contributed by atoms with Gasteiger partial charge in [0, 0.05) is 19.3 Å². The zero-order valence-electron chi connectivity index (χ0n) is 33.1. The van der Waals surface area contributed by atoms with Gasteiger partial charge >= 0.3 is 17.9 Å². The van der Waals surface area contributed by atoms with Crippen molar-refractivity contribution in [1.82, 2.24) is 0 Å². The molecule has 1 atom stereocenters. The number of carbonyl (C=O) groups excluding carboxylic acids is 3. The van der Waals surface area contributed by atoms with Gasteiger partial charge in [-0.1, -0.05) is 191 Å². The molecule has 0 heterocycles. The summed E-state index contributed by atoms with van der Waals surface area (Å²) in [6.45, 7) is 6.39. The van der Waals surface area contributed by atoms with E-state index in [1.807, 2.05) is 48.6 Å². The molecule has 6 heteroatoms. The Morgan fingerprint density at radius 3 is 1.20 bits per heavy atom. The lowest BCUT2D eigenvalue weighted by Crippen LogP contribution is -2.30. The van der Waals surface area contributed by atoms with Crippen LogP contribution in [0.3, 0.4) is 0 Å². The van der Waals surface area contributed by atoms with Gasteiger partial charge in [0.25, 0.3) is 0 Å². The van der Waals surface area contributed by atoms with Gasteiger partial charge in [0.15, 0.2) is 6.10 Å². The molecular formula is C45H76O6. The summed E-state index contributed by atoms with van der Waals surface area (Å²) in [5.74, 6) is -0.942. The van der Waals surface area contributed by atoms with Crippen LogP contribution in [0.25, 0.3) is 0 Å². The molecule has 51 heavy (non-hydrogen) atoms. The molecule has 1 unspecified atom stereocenters. The number of unbranched alkanes of at least 4 members (excludes halogenated alkanes) is 19. The minimum atomic E-state index is -0.783. The number of allylic oxidation sites excluding steroid dienone is 10. The molecule has 0 amide bonds. The van der Waals surface area contributed by atoms with E-state index in [2.05, 4.69) is 32.9 Å². The lowest BCUT2D eigenvalue weighted by molar-refractivity contribution is -0.167. The van der Waals surface area contributed by atoms with Crippen LogP contribution in [0.4, 0.5) is 0 Å². The highest BCUT2D eigenvalue weighted by molar-refractivity contribution is 5.71. The van der Waals surface area contributed by atoms with Crippen LogP contribution in [0.5, 0.6) is 0 Å². The second kappa shape index (κ2) is 39.9. The smallest absolute Gasteiger partial charge is 0.306 e. The van der Waals surface area contributed by atoms with E-state index in [0.717, 1.165) is 70.6 Å². The molecule has 0 aromatic heterocycles. The van der Waals surface area contributed by atoms with E-state index in [1.54, 1.807) is 0 Å². The number of hydrogen-bond donors (Lipinski definition) is 0. The molecule has 0 saturated carbocycles. The van der Waals surface area contributed by atoms with Gasteiger partial charge in [-0.2, -0.15) is 0 Å². The summed E-state index contributed by atoms with van der Waals surface area (Å²) >= 11 is 0. The van der Waals surface area contributed by atoms with Crippen molar-refractivity contribution in [2.75, 3.05) is 13.2 Å². The van der Waals surface area contributed by atoms with E-state index in [-0.39, 0.29) is 31.1 Å². The predicted octanol–water partition coefficient (Wildman–Crippen LogP) is 13.0. The fourth-order valence-corrected chi connectivity index (χ4v) is 5.52. The van der Waals surface area contributed by atoms with Crippen LogP contribution < -0.4 is 0 Å². The molecule has 0 bridgehead atoms. The first-order valence-corrected chi connectivity index (χ1v) is 20.9. The summed E-state index contributed by atoms with van der Waals surface area (Å²) in [7, 11) is 0. The number of esters is 3. The van der Waals surface area contributed by atoms with E-state index in [1.165, 1.54) is 77.0 Å². The average Bonchev–Trinajstić information content (AvgIpc) is 3.12. The minimum absolute atomic E-state index is 0.0867. The van der Waals surface area contributed by atoms with Crippen molar-refractivity contribution in [3.63, 3.8) is 0 Å². The largest absolute Gasteiger partial charge is 0.462 e. The molecule has 6 nitrogen and oxygen atoms in total. The first kappa shape index (κ1) is 48.1. The van der Waals surface area contributed by atoms with E-state index in [4.69, 9.17) is 14.2 Å². The van der Waals surface area contributed by atoms with Gasteiger partial charge in [-0.05, 0) is 38.5 Å². The maximum Gasteiger partial charge on any atom is 0.306 e. The molecule has 0 saturated heterocycles. The van der Waals surface area contributed by atoms with Gasteiger partial charge in [0.05, 0.1) is 0 Å². The quantitative estimate of drug-likeness (QED) is 0.0278. The first-order chi connectivity index (χ1) is 25.0. The van der Waals surface area contributed by atoms with Crippen LogP contribution in [0.2, 0.25) is 0 Å². The molecule has 0 aliphatic heterocycles. The SMILES string of the molecule is CC\C=C/C=C\C=C/C=C\C=C/CCCCCC(=O)OCC(COC(=O)CCCCCCCCCCC)OC(=O)CCCCCCCCCCC. The Balaban J connectivity index is 4.44. The zero-order valence-corrected chi connectivity index (χ0v) is 33.1. The van der Waals surface area contributed by atoms with E-state index in [0.29, 0.717) is 19.3 Å². The highest BCUT2D eigenvalue weighted by Crippen LogP contribution is 2.13. The highest BCUT2D eigenvalue weighted by Gasteiger charge is 2.19. The lowest BCUT2D eigenvalue weighted by Gasteiger charge is -2.18. The molecule has 0 rings (SSSR count). The molecular weight excluding hydrogens is 636 g/mol. The normalized spacial score (nSPS) is 12.6. The molecule has 0 fully saturated rings. The average molecular weight is 713 g/mol. The van der Waals surface area contributed by atoms with Crippen LogP contribution >= 0.6 is 0 Å². The molecule has 0 aromatic rings. The van der Waals surface area contributed by atoms with Crippen molar-refractivity contribution < 1.29 is 28.6 Å². The Labute approximate surface area is 313 Å². The molecule has 0 radical (unpaired) electrons. The molecule has 0 N–H and O–H groups in total. The Hall–Kier alpha value is -2.89. The third kappa shape index (κ3) is 38.2. The van der Waals surface area contributed by atoms with Gasteiger partial charge in [-0.3, -0.25) is 14.4 Å². The number of hydrogen-bond acceptors (Lipinski definition) is 6. The van der Waals surface area contributed by atoms with Crippen LogP contribution in [-0.2, 0) is 28.6 Å². The van der Waals surface area contributed by atoms with E-state index < -0.39 is 6.10 Å². The molecule has 0 spiro atoms. The van der Waals surface area contributed by atoms with Crippen molar-refractivity contribution in [2.24, 2.45) is 0 Å². The van der Waals surface area contributed by atoms with Crippen LogP contribution in [0.15, 0.2) is 60.8 Å². The third-order valence-electron chi connectivity index (χ3n) is 8.66. The number of ether oxygens (including phenoxy) is 3. The van der Waals surface area contributed by atoms with Crippen molar-refractivity contribution in [3.8, 4) is 0 Å². The van der Waals surface area contributed by atoms with Crippen LogP contribution in [-0.4, -0.2) is 37.2 Å². The number of rotatable bonds is 36. The van der Waals surface area contributed by atoms with Gasteiger partial charge < -0.3 is 14.2 Å². The van der Waals surface area contributed by atoms with E-state index in [9.17, 15) is 14.4 Å². The summed E-state index contributed by atoms with van der Waals surface area (Å²) < 4.78 is 16.6. The van der Waals surface area contributed by atoms with Crippen molar-refractivity contribution in [2.45, 2.75) is 194 Å². The molecule has 0 aliphatic rings. The monoisotopic (exact) mass is 713 g/mol. The van der Waals surface area contributed by atoms with Crippen molar-refractivity contribution >= 4 is 17.9 Å². The fraction of sp³-hybridized carbons (Fsp3) is 0.711. The van der Waals surface area contributed by atoms with Crippen LogP contribution in [0, 0.1) is 0 Å². The first-order valence-electron chi connectivity index (χ1n) is 20.9. The van der Waals surface area contributed by atoms with Gasteiger partial charge in [-0.15, -0.1) is 0 Å². The third-order valence-corrected chi connectivity index (χ3v) is 8.66. The Morgan fingerprint density at radius 1 is 0.412 bits per heavy atom. The Kier molecular flexibility index (Phi) is 37.6. The summed E-state index contributed by atoms with van der Waals surface area (Å²) in [4.78, 5) is 37.5. The maximum absolute atomic E-state index is 12.6. The van der Waals surface area contributed by atoms with Gasteiger partial charge in [-0.25, -0.2) is 0 Å². The topological polar surface area (TPSA) is 78.9 Å². The van der Waals surface area contributed by atoms with Gasteiger partial charge in [0.2, 0.25) is 0 Å². The standard InChI is InChI=1S/C45H76O6/c1-4-7-10-13-16-19-20-21-22-23-24-27-29-32-35-38-44(47)50-41-42(51-45(48)39-36-33-30-26-18-15-12-9-6-3)40-49-43(46)37-34-31-28-25-17-14-11-8-5-2/h7,10,13,16,19-24,42H,4-6,8-9,11-12,14-15,17-18,25-41H2,1-3H3/b10-7-,16-13-,20-19-,22-21-,24-23-. The number of carbonyl (C=O) groups is 3. The predicted molar refractivity (Wildman–Crippen MR) is 215 cm³/mol.